The molecule has 4 atom stereocenters. The number of rotatable bonds is 14. The number of carbonyl (C=O) groups excluding carboxylic acids is 1. The fourth-order valence-corrected chi connectivity index (χ4v) is 5.88. The number of carboxylic acids is 1. The zero-order valence-corrected chi connectivity index (χ0v) is 27.0. The number of aliphatic carboxylic acids is 1. The van der Waals surface area contributed by atoms with Gasteiger partial charge < -0.3 is 25.0 Å². The Bertz CT molecular complexity index is 1590. The van der Waals surface area contributed by atoms with Crippen molar-refractivity contribution in [3.05, 3.63) is 131 Å². The number of hydrogen-bond acceptors (Lipinski definition) is 6. The van der Waals surface area contributed by atoms with Crippen LogP contribution in [0.3, 0.4) is 0 Å². The summed E-state index contributed by atoms with van der Waals surface area (Å²) in [6, 6.07) is 34.8. The molecule has 246 valence electrons. The molecule has 5 rings (SSSR count). The lowest BCUT2D eigenvalue weighted by Crippen LogP contribution is -2.38. The van der Waals surface area contributed by atoms with Gasteiger partial charge in [0.25, 0.3) is 0 Å². The molecule has 1 amide bonds. The maximum atomic E-state index is 12.1. The zero-order valence-electron chi connectivity index (χ0n) is 27.0. The van der Waals surface area contributed by atoms with Crippen LogP contribution in [0.15, 0.2) is 103 Å². The molecule has 1 saturated heterocycles. The lowest BCUT2D eigenvalue weighted by molar-refractivity contribution is -0.253. The Labute approximate surface area is 277 Å². The third-order valence-corrected chi connectivity index (χ3v) is 8.78. The van der Waals surface area contributed by atoms with E-state index in [0.29, 0.717) is 19.4 Å². The quantitative estimate of drug-likeness (QED) is 0.137. The molecule has 0 aromatic heterocycles. The molecule has 3 N–H and O–H groups in total. The van der Waals surface area contributed by atoms with Gasteiger partial charge in [0.15, 0.2) is 6.29 Å². The molecule has 1 heterocycles. The van der Waals surface area contributed by atoms with E-state index in [1.807, 2.05) is 66.7 Å². The number of aliphatic hydroxyl groups excluding tert-OH is 1. The zero-order chi connectivity index (χ0) is 33.2. The number of amides is 1. The van der Waals surface area contributed by atoms with Gasteiger partial charge in [0, 0.05) is 44.0 Å². The predicted molar refractivity (Wildman–Crippen MR) is 181 cm³/mol. The van der Waals surface area contributed by atoms with Gasteiger partial charge in [0.2, 0.25) is 5.91 Å². The van der Waals surface area contributed by atoms with Crippen LogP contribution in [0, 0.1) is 0 Å². The Morgan fingerprint density at radius 3 is 2.28 bits per heavy atom. The molecule has 0 bridgehead atoms. The first kappa shape index (κ1) is 34.0. The summed E-state index contributed by atoms with van der Waals surface area (Å²) in [4.78, 5) is 25.1. The van der Waals surface area contributed by atoms with E-state index in [-0.39, 0.29) is 43.6 Å². The van der Waals surface area contributed by atoms with E-state index >= 15 is 0 Å². The lowest BCUT2D eigenvalue weighted by Gasteiger charge is -2.39. The molecule has 1 fully saturated rings. The van der Waals surface area contributed by atoms with E-state index in [2.05, 4.69) is 60.6 Å². The standard InChI is InChI=1S/C39H44N2O6/c1-27(30-9-4-3-5-10-30)41(2)25-35-23-36(32-16-14-28(26-42)15-17-32)47-39(46-35)33-20-18-31(19-21-33)34-11-6-8-29(22-34)24-40-37(43)12-7-13-38(44)45/h3-6,8-11,14-22,27,35-36,39,42H,7,12-13,23-26H2,1-2H3,(H,40,43)(H,44,45)/t27-,35+,36-,39-/m0/s1. The van der Waals surface area contributed by atoms with Gasteiger partial charge in [-0.1, -0.05) is 97.1 Å². The highest BCUT2D eigenvalue weighted by molar-refractivity contribution is 5.76. The summed E-state index contributed by atoms with van der Waals surface area (Å²) in [6.45, 7) is 3.32. The van der Waals surface area contributed by atoms with Gasteiger partial charge in [-0.2, -0.15) is 0 Å². The minimum atomic E-state index is -0.896. The van der Waals surface area contributed by atoms with Gasteiger partial charge in [-0.15, -0.1) is 0 Å². The van der Waals surface area contributed by atoms with Crippen molar-refractivity contribution < 1.29 is 29.3 Å². The Morgan fingerprint density at radius 2 is 1.57 bits per heavy atom. The summed E-state index contributed by atoms with van der Waals surface area (Å²) in [6.07, 6.45) is 0.431. The first-order chi connectivity index (χ1) is 22.8. The van der Waals surface area contributed by atoms with Crippen molar-refractivity contribution in [2.45, 2.75) is 70.3 Å². The molecule has 47 heavy (non-hydrogen) atoms. The second-order valence-corrected chi connectivity index (χ2v) is 12.2. The second kappa shape index (κ2) is 16.5. The van der Waals surface area contributed by atoms with Crippen LogP contribution in [-0.2, 0) is 32.2 Å². The maximum Gasteiger partial charge on any atom is 0.303 e. The molecular formula is C39H44N2O6. The van der Waals surface area contributed by atoms with Crippen molar-refractivity contribution in [1.29, 1.82) is 0 Å². The fourth-order valence-electron chi connectivity index (χ4n) is 5.88. The molecular weight excluding hydrogens is 592 g/mol. The van der Waals surface area contributed by atoms with Crippen molar-refractivity contribution in [3.8, 4) is 11.1 Å². The van der Waals surface area contributed by atoms with Crippen LogP contribution in [0.4, 0.5) is 0 Å². The van der Waals surface area contributed by atoms with Gasteiger partial charge in [0.1, 0.15) is 0 Å². The highest BCUT2D eigenvalue weighted by Crippen LogP contribution is 2.39. The molecule has 4 aromatic carbocycles. The van der Waals surface area contributed by atoms with Crippen molar-refractivity contribution in [3.63, 3.8) is 0 Å². The molecule has 0 unspecified atom stereocenters. The number of nitrogens with zero attached hydrogens (tertiary/aromatic N) is 1. The van der Waals surface area contributed by atoms with Gasteiger partial charge >= 0.3 is 5.97 Å². The van der Waals surface area contributed by atoms with Gasteiger partial charge in [-0.25, -0.2) is 0 Å². The monoisotopic (exact) mass is 636 g/mol. The summed E-state index contributed by atoms with van der Waals surface area (Å²) < 4.78 is 13.2. The Hall–Kier alpha value is -4.34. The molecule has 0 spiro atoms. The van der Waals surface area contributed by atoms with Crippen LogP contribution in [-0.4, -0.2) is 46.7 Å². The number of hydrogen-bond donors (Lipinski definition) is 3. The number of nitrogens with one attached hydrogen (secondary N) is 1. The minimum absolute atomic E-state index is 0.000818. The second-order valence-electron chi connectivity index (χ2n) is 12.2. The average Bonchev–Trinajstić information content (AvgIpc) is 3.10. The molecule has 0 aliphatic carbocycles. The number of carbonyl (C=O) groups is 2. The minimum Gasteiger partial charge on any atom is -0.481 e. The van der Waals surface area contributed by atoms with Crippen molar-refractivity contribution in [2.24, 2.45) is 0 Å². The highest BCUT2D eigenvalue weighted by atomic mass is 16.7. The summed E-state index contributed by atoms with van der Waals surface area (Å²) in [5.41, 5.74) is 7.12. The number of carboxylic acid groups (broad SMARTS) is 1. The van der Waals surface area contributed by atoms with Crippen LogP contribution in [0.2, 0.25) is 0 Å². The van der Waals surface area contributed by atoms with Gasteiger partial charge in [-0.3, -0.25) is 14.5 Å². The number of ether oxygens (including phenoxy) is 2. The third kappa shape index (κ3) is 9.59. The Kier molecular flexibility index (Phi) is 11.9. The van der Waals surface area contributed by atoms with Crippen LogP contribution in [0.25, 0.3) is 11.1 Å². The maximum absolute atomic E-state index is 12.1. The highest BCUT2D eigenvalue weighted by Gasteiger charge is 2.33. The molecule has 8 heteroatoms. The smallest absolute Gasteiger partial charge is 0.303 e. The lowest BCUT2D eigenvalue weighted by atomic mass is 9.98. The first-order valence-electron chi connectivity index (χ1n) is 16.2. The SMILES string of the molecule is C[C@@H](c1ccccc1)N(C)C[C@H]1C[C@@H](c2ccc(CO)cc2)O[C@@H](c2ccc(-c3cccc(CNC(=O)CCCC(=O)O)c3)cc2)O1. The molecule has 4 aromatic rings. The summed E-state index contributed by atoms with van der Waals surface area (Å²) in [7, 11) is 2.13. The van der Waals surface area contributed by atoms with Crippen molar-refractivity contribution in [1.82, 2.24) is 10.2 Å². The van der Waals surface area contributed by atoms with Gasteiger partial charge in [-0.05, 0) is 59.8 Å². The number of likely N-dealkylation sites (N-methyl/N-ethyl adjacent to an activating group) is 1. The van der Waals surface area contributed by atoms with Crippen LogP contribution in [0.1, 0.15) is 78.9 Å². The van der Waals surface area contributed by atoms with E-state index < -0.39 is 12.3 Å². The number of benzene rings is 4. The Morgan fingerprint density at radius 1 is 0.851 bits per heavy atom. The predicted octanol–water partition coefficient (Wildman–Crippen LogP) is 6.96. The van der Waals surface area contributed by atoms with E-state index in [0.717, 1.165) is 39.9 Å². The summed E-state index contributed by atoms with van der Waals surface area (Å²) in [5, 5.41) is 21.2. The molecule has 0 radical (unpaired) electrons. The van der Waals surface area contributed by atoms with E-state index in [4.69, 9.17) is 14.6 Å². The largest absolute Gasteiger partial charge is 0.481 e. The van der Waals surface area contributed by atoms with Crippen molar-refractivity contribution in [2.75, 3.05) is 13.6 Å². The van der Waals surface area contributed by atoms with Gasteiger partial charge in [0.05, 0.1) is 18.8 Å². The molecule has 8 nitrogen and oxygen atoms in total. The molecule has 0 saturated carbocycles. The molecule has 1 aliphatic rings. The topological polar surface area (TPSA) is 108 Å². The van der Waals surface area contributed by atoms with Crippen molar-refractivity contribution >= 4 is 11.9 Å². The van der Waals surface area contributed by atoms with E-state index in [1.165, 1.54) is 5.56 Å². The normalized spacial score (nSPS) is 18.5. The first-order valence-corrected chi connectivity index (χ1v) is 16.2. The number of aliphatic hydroxyl groups is 1. The van der Waals surface area contributed by atoms with Crippen LogP contribution < -0.4 is 5.32 Å². The third-order valence-electron chi connectivity index (χ3n) is 8.78. The molecule has 1 aliphatic heterocycles. The fraction of sp³-hybridized carbons (Fsp3) is 0.333. The summed E-state index contributed by atoms with van der Waals surface area (Å²) in [5.74, 6) is -1.05. The van der Waals surface area contributed by atoms with E-state index in [1.54, 1.807) is 0 Å². The average molecular weight is 637 g/mol. The Balaban J connectivity index is 1.28. The van der Waals surface area contributed by atoms with Crippen LogP contribution in [0.5, 0.6) is 0 Å². The van der Waals surface area contributed by atoms with Crippen LogP contribution >= 0.6 is 0 Å². The van der Waals surface area contributed by atoms with E-state index in [9.17, 15) is 14.7 Å². The summed E-state index contributed by atoms with van der Waals surface area (Å²) >= 11 is 0.